The fraction of sp³-hybridized carbons (Fsp3) is 0.231. The number of aromatic nitrogens is 1. The molecule has 0 aliphatic rings. The Balaban J connectivity index is 2.71. The molecule has 102 valence electrons. The van der Waals surface area contributed by atoms with E-state index in [4.69, 9.17) is 4.74 Å². The van der Waals surface area contributed by atoms with E-state index in [0.29, 0.717) is 15.8 Å². The molecule has 0 unspecified atom stereocenters. The van der Waals surface area contributed by atoms with Crippen LogP contribution in [0, 0.1) is 0 Å². The number of hydrogen-bond acceptors (Lipinski definition) is 3. The molecule has 1 N–H and O–H groups in total. The van der Waals surface area contributed by atoms with Crippen LogP contribution in [0.2, 0.25) is 0 Å². The summed E-state index contributed by atoms with van der Waals surface area (Å²) in [4.78, 5) is 3.34. The predicted molar refractivity (Wildman–Crippen MR) is 78.2 cm³/mol. The summed E-state index contributed by atoms with van der Waals surface area (Å²) in [5, 5.41) is 0. The van der Waals surface area contributed by atoms with Crippen molar-refractivity contribution in [3.63, 3.8) is 0 Å². The van der Waals surface area contributed by atoms with E-state index in [9.17, 15) is 8.42 Å². The first-order chi connectivity index (χ1) is 8.99. The van der Waals surface area contributed by atoms with Crippen molar-refractivity contribution < 1.29 is 13.2 Å². The molecule has 0 amide bonds. The fourth-order valence-electron chi connectivity index (χ4n) is 1.82. The van der Waals surface area contributed by atoms with E-state index in [1.807, 2.05) is 12.1 Å². The van der Waals surface area contributed by atoms with Gasteiger partial charge >= 0.3 is 0 Å². The maximum absolute atomic E-state index is 12.0. The first-order valence-electron chi connectivity index (χ1n) is 5.73. The number of nitrogens with one attached hydrogen (secondary N) is 1. The van der Waals surface area contributed by atoms with Gasteiger partial charge in [0.15, 0.2) is 9.84 Å². The number of H-pyrrole nitrogens is 1. The van der Waals surface area contributed by atoms with Crippen LogP contribution < -0.4 is 4.74 Å². The Kier molecular flexibility index (Phi) is 4.01. The molecular formula is C13H14BrNO3S. The van der Waals surface area contributed by atoms with E-state index in [0.717, 1.165) is 5.69 Å². The molecule has 4 nitrogen and oxygen atoms in total. The Morgan fingerprint density at radius 2 is 2.11 bits per heavy atom. The maximum Gasteiger partial charge on any atom is 0.178 e. The van der Waals surface area contributed by atoms with E-state index >= 15 is 0 Å². The Morgan fingerprint density at radius 3 is 2.63 bits per heavy atom. The molecule has 0 aliphatic heterocycles. The highest BCUT2D eigenvalue weighted by Crippen LogP contribution is 2.38. The summed E-state index contributed by atoms with van der Waals surface area (Å²) in [5.41, 5.74) is 1.53. The third-order valence-corrected chi connectivity index (χ3v) is 5.15. The topological polar surface area (TPSA) is 59.2 Å². The van der Waals surface area contributed by atoms with Crippen molar-refractivity contribution in [3.8, 4) is 17.0 Å². The molecule has 0 atom stereocenters. The lowest BCUT2D eigenvalue weighted by atomic mass is 10.1. The number of aromatic amines is 1. The zero-order valence-corrected chi connectivity index (χ0v) is 13.0. The number of benzene rings is 1. The average molecular weight is 344 g/mol. The molecule has 0 fully saturated rings. The highest BCUT2D eigenvalue weighted by molar-refractivity contribution is 9.10. The third kappa shape index (κ3) is 2.69. The molecule has 0 saturated carbocycles. The monoisotopic (exact) mass is 343 g/mol. The molecule has 2 rings (SSSR count). The van der Waals surface area contributed by atoms with Crippen LogP contribution in [-0.2, 0) is 9.84 Å². The lowest BCUT2D eigenvalue weighted by molar-refractivity contribution is 0.413. The lowest BCUT2D eigenvalue weighted by Gasteiger charge is -2.12. The number of sulfone groups is 1. The molecule has 2 aromatic rings. The quantitative estimate of drug-likeness (QED) is 0.926. The van der Waals surface area contributed by atoms with E-state index in [-0.39, 0.29) is 10.6 Å². The zero-order valence-electron chi connectivity index (χ0n) is 10.6. The average Bonchev–Trinajstić information content (AvgIpc) is 2.91. The Labute approximate surface area is 120 Å². The summed E-state index contributed by atoms with van der Waals surface area (Å²) in [6.45, 7) is 1.63. The molecule has 0 aliphatic carbocycles. The Morgan fingerprint density at radius 1 is 1.37 bits per heavy atom. The van der Waals surface area contributed by atoms with Crippen molar-refractivity contribution in [2.24, 2.45) is 0 Å². The molecule has 1 heterocycles. The van der Waals surface area contributed by atoms with Crippen LogP contribution >= 0.6 is 15.9 Å². The fourth-order valence-corrected chi connectivity index (χ4v) is 3.52. The van der Waals surface area contributed by atoms with E-state index in [1.165, 1.54) is 0 Å². The number of halogens is 1. The largest absolute Gasteiger partial charge is 0.495 e. The van der Waals surface area contributed by atoms with Crippen molar-refractivity contribution in [1.29, 1.82) is 0 Å². The first kappa shape index (κ1) is 14.1. The van der Waals surface area contributed by atoms with Gasteiger partial charge in [0, 0.05) is 17.5 Å². The van der Waals surface area contributed by atoms with Gasteiger partial charge in [-0.3, -0.25) is 0 Å². The number of methoxy groups -OCH3 is 1. The van der Waals surface area contributed by atoms with Gasteiger partial charge in [-0.1, -0.05) is 6.92 Å². The Hall–Kier alpha value is -1.27. The van der Waals surface area contributed by atoms with Gasteiger partial charge in [0.1, 0.15) is 5.75 Å². The second-order valence-corrected chi connectivity index (χ2v) is 7.11. The van der Waals surface area contributed by atoms with Crippen LogP contribution in [-0.4, -0.2) is 26.3 Å². The summed E-state index contributed by atoms with van der Waals surface area (Å²) in [6, 6.07) is 6.93. The summed E-state index contributed by atoms with van der Waals surface area (Å²) in [7, 11) is -1.70. The molecule has 0 spiro atoms. The van der Waals surface area contributed by atoms with Crippen molar-refractivity contribution in [1.82, 2.24) is 4.98 Å². The second kappa shape index (κ2) is 5.38. The van der Waals surface area contributed by atoms with E-state index in [2.05, 4.69) is 20.9 Å². The highest BCUT2D eigenvalue weighted by atomic mass is 79.9. The smallest absolute Gasteiger partial charge is 0.178 e. The molecule has 0 radical (unpaired) electrons. The normalized spacial score (nSPS) is 11.5. The predicted octanol–water partition coefficient (Wildman–Crippen LogP) is 3.25. The highest BCUT2D eigenvalue weighted by Gasteiger charge is 2.18. The van der Waals surface area contributed by atoms with Crippen LogP contribution in [0.4, 0.5) is 0 Å². The van der Waals surface area contributed by atoms with Gasteiger partial charge in [0.05, 0.1) is 22.2 Å². The van der Waals surface area contributed by atoms with Crippen LogP contribution in [0.25, 0.3) is 11.3 Å². The minimum absolute atomic E-state index is 0.0654. The molecule has 0 bridgehead atoms. The number of rotatable bonds is 4. The molecule has 6 heteroatoms. The van der Waals surface area contributed by atoms with Crippen LogP contribution in [0.1, 0.15) is 6.92 Å². The van der Waals surface area contributed by atoms with E-state index < -0.39 is 9.84 Å². The molecular weight excluding hydrogens is 330 g/mol. The first-order valence-corrected chi connectivity index (χ1v) is 8.18. The zero-order chi connectivity index (χ0) is 14.0. The molecule has 19 heavy (non-hydrogen) atoms. The minimum Gasteiger partial charge on any atom is -0.495 e. The summed E-state index contributed by atoms with van der Waals surface area (Å²) >= 11 is 3.36. The molecule has 0 saturated heterocycles. The van der Waals surface area contributed by atoms with Gasteiger partial charge < -0.3 is 9.72 Å². The summed E-state index contributed by atoms with van der Waals surface area (Å²) in [6.07, 6.45) is 1.78. The van der Waals surface area contributed by atoms with Crippen LogP contribution in [0.15, 0.2) is 39.8 Å². The molecule has 1 aromatic heterocycles. The van der Waals surface area contributed by atoms with Crippen molar-refractivity contribution >= 4 is 25.8 Å². The van der Waals surface area contributed by atoms with Crippen molar-refractivity contribution in [2.75, 3.05) is 12.9 Å². The Bertz CT molecular complexity index is 678. The van der Waals surface area contributed by atoms with Crippen molar-refractivity contribution in [3.05, 3.63) is 34.9 Å². The van der Waals surface area contributed by atoms with E-state index in [1.54, 1.807) is 32.4 Å². The molecule has 1 aromatic carbocycles. The summed E-state index contributed by atoms with van der Waals surface area (Å²) in [5.74, 6) is 0.674. The minimum atomic E-state index is -3.26. The van der Waals surface area contributed by atoms with Crippen molar-refractivity contribution in [2.45, 2.75) is 11.8 Å². The van der Waals surface area contributed by atoms with Gasteiger partial charge in [0.25, 0.3) is 0 Å². The summed E-state index contributed by atoms with van der Waals surface area (Å²) < 4.78 is 30.0. The van der Waals surface area contributed by atoms with Gasteiger partial charge in [-0.15, -0.1) is 0 Å². The lowest BCUT2D eigenvalue weighted by Crippen LogP contribution is -2.04. The standard InChI is InChI=1S/C13H14BrNO3S/c1-3-19(16,17)9-7-10(12-5-4-6-15-12)13(18-2)11(14)8-9/h4-8,15H,3H2,1-2H3. The van der Waals surface area contributed by atoms with Gasteiger partial charge in [0.2, 0.25) is 0 Å². The second-order valence-electron chi connectivity index (χ2n) is 3.97. The van der Waals surface area contributed by atoms with Crippen LogP contribution in [0.3, 0.4) is 0 Å². The van der Waals surface area contributed by atoms with Gasteiger partial charge in [-0.2, -0.15) is 0 Å². The maximum atomic E-state index is 12.0. The number of ether oxygens (including phenoxy) is 1. The van der Waals surface area contributed by atoms with Crippen LogP contribution in [0.5, 0.6) is 5.75 Å². The number of hydrogen-bond donors (Lipinski definition) is 1. The van der Waals surface area contributed by atoms with Gasteiger partial charge in [-0.25, -0.2) is 8.42 Å². The third-order valence-electron chi connectivity index (χ3n) is 2.85. The SMILES string of the molecule is CCS(=O)(=O)c1cc(Br)c(OC)c(-c2ccc[nH]2)c1. The van der Waals surface area contributed by atoms with Gasteiger partial charge in [-0.05, 0) is 40.2 Å².